The summed E-state index contributed by atoms with van der Waals surface area (Å²) in [6.45, 7) is 3.29. The highest BCUT2D eigenvalue weighted by atomic mass is 32.2. The molecule has 0 fully saturated rings. The molecule has 1 radical (unpaired) electrons. The second-order valence-corrected chi connectivity index (χ2v) is 19.4. The van der Waals surface area contributed by atoms with Crippen LogP contribution in [0, 0.1) is 0 Å². The Morgan fingerprint density at radius 1 is 0.762 bits per heavy atom. The van der Waals surface area contributed by atoms with Crippen LogP contribution in [-0.4, -0.2) is 44.2 Å². The predicted molar refractivity (Wildman–Crippen MR) is 61.2 cm³/mol. The molecule has 0 heterocycles. The number of rotatable bonds is 5. The van der Waals surface area contributed by atoms with Crippen LogP contribution in [0.25, 0.3) is 0 Å². The van der Waals surface area contributed by atoms with Gasteiger partial charge in [-0.1, -0.05) is 19.6 Å². The average molecular weight is 399 g/mol. The Morgan fingerprint density at radius 2 is 1.00 bits per heavy atom. The zero-order chi connectivity index (χ0) is 17.5. The van der Waals surface area contributed by atoms with E-state index in [1.165, 1.54) is 0 Å². The van der Waals surface area contributed by atoms with Gasteiger partial charge in [-0.05, 0) is 0 Å². The molecule has 0 aliphatic carbocycles. The second-order valence-electron chi connectivity index (χ2n) is 4.50. The summed E-state index contributed by atoms with van der Waals surface area (Å²) in [6, 6.07) is 0. The lowest BCUT2D eigenvalue weighted by Crippen LogP contribution is -2.52. The molecule has 6 nitrogen and oxygen atoms in total. The normalized spacial score (nSPS) is 15.5. The molecule has 0 bridgehead atoms. The first kappa shape index (κ1) is 20.8. The lowest BCUT2D eigenvalue weighted by Gasteiger charge is -2.24. The fourth-order valence-corrected chi connectivity index (χ4v) is 11.7. The Balaban J connectivity index is 5.60. The predicted octanol–water partition coefficient (Wildman–Crippen LogP) is 1.62. The molecule has 0 aromatic carbocycles. The lowest BCUT2D eigenvalue weighted by molar-refractivity contribution is -0.0522. The van der Waals surface area contributed by atoms with Gasteiger partial charge in [0, 0.05) is 0 Å². The van der Waals surface area contributed by atoms with Crippen LogP contribution < -0.4 is 0 Å². The van der Waals surface area contributed by atoms with Crippen molar-refractivity contribution >= 4 is 36.6 Å². The Labute approximate surface area is 118 Å². The molecule has 0 aliphatic rings. The molecule has 0 aromatic rings. The highest BCUT2D eigenvalue weighted by Gasteiger charge is 2.56. The molecule has 0 saturated carbocycles. The van der Waals surface area contributed by atoms with Crippen LogP contribution in [0.4, 0.5) is 26.3 Å². The van der Waals surface area contributed by atoms with Gasteiger partial charge in [-0.2, -0.15) is 43.2 Å². The van der Waals surface area contributed by atoms with E-state index in [1.54, 1.807) is 0 Å². The average Bonchev–Trinajstić information content (AvgIpc) is 2.10. The van der Waals surface area contributed by atoms with E-state index in [-0.39, 0.29) is 0 Å². The molecule has 0 atom stereocenters. The summed E-state index contributed by atoms with van der Waals surface area (Å²) in [5.41, 5.74) is -11.8. The highest BCUT2D eigenvalue weighted by Crippen LogP contribution is 2.30. The van der Waals surface area contributed by atoms with Gasteiger partial charge in [-0.25, -0.2) is 0 Å². The minimum Gasteiger partial charge on any atom is -0.277 e. The van der Waals surface area contributed by atoms with Crippen molar-refractivity contribution in [3.05, 3.63) is 0 Å². The summed E-state index contributed by atoms with van der Waals surface area (Å²) in [4.78, 5) is 0. The SMILES string of the molecule is C[Si](C)(C)[Si](OS(=O)(=O)C(F)(F)F)OS(=O)(=O)C(F)(F)F. The lowest BCUT2D eigenvalue weighted by atomic mass is 11.6. The highest BCUT2D eigenvalue weighted by molar-refractivity contribution is 7.90. The molecule has 0 rings (SSSR count). The Hall–Kier alpha value is -0.166. The number of halogens is 6. The van der Waals surface area contributed by atoms with Gasteiger partial charge in [0.05, 0.1) is 0 Å². The first-order chi connectivity index (χ1) is 8.81. The van der Waals surface area contributed by atoms with Crippen molar-refractivity contribution in [2.24, 2.45) is 0 Å². The van der Waals surface area contributed by atoms with E-state index < -0.39 is 47.6 Å². The zero-order valence-corrected chi connectivity index (χ0v) is 14.2. The number of hydrogen-bond donors (Lipinski definition) is 0. The summed E-state index contributed by atoms with van der Waals surface area (Å²) in [6.07, 6.45) is 0. The molecule has 0 aliphatic heterocycles. The van der Waals surface area contributed by atoms with E-state index in [0.717, 1.165) is 19.6 Å². The zero-order valence-electron chi connectivity index (χ0n) is 10.5. The van der Waals surface area contributed by atoms with E-state index in [0.29, 0.717) is 0 Å². The Bertz CT molecular complexity index is 526. The smallest absolute Gasteiger partial charge is 0.277 e. The quantitative estimate of drug-likeness (QED) is 0.397. The largest absolute Gasteiger partial charge is 0.522 e. The van der Waals surface area contributed by atoms with E-state index in [4.69, 9.17) is 0 Å². The summed E-state index contributed by atoms with van der Waals surface area (Å²) < 4.78 is 123. The van der Waals surface area contributed by atoms with E-state index in [9.17, 15) is 43.2 Å². The molecule has 0 amide bonds. The maximum atomic E-state index is 12.1. The second kappa shape index (κ2) is 5.80. The van der Waals surface area contributed by atoms with Crippen molar-refractivity contribution in [3.63, 3.8) is 0 Å². The van der Waals surface area contributed by atoms with Crippen LogP contribution in [0.15, 0.2) is 0 Å². The minimum absolute atomic E-state index is 1.10. The van der Waals surface area contributed by atoms with Crippen molar-refractivity contribution in [3.8, 4) is 0 Å². The van der Waals surface area contributed by atoms with Gasteiger partial charge in [0.15, 0.2) is 0 Å². The van der Waals surface area contributed by atoms with Gasteiger partial charge in [-0.3, -0.25) is 7.74 Å². The van der Waals surface area contributed by atoms with Crippen molar-refractivity contribution in [1.82, 2.24) is 0 Å². The third-order valence-corrected chi connectivity index (χ3v) is 12.0. The maximum Gasteiger partial charge on any atom is 0.522 e. The maximum absolute atomic E-state index is 12.1. The third-order valence-electron chi connectivity index (χ3n) is 1.55. The van der Waals surface area contributed by atoms with E-state index in [1.807, 2.05) is 0 Å². The molecule has 21 heavy (non-hydrogen) atoms. The Morgan fingerprint density at radius 3 is 1.14 bits per heavy atom. The van der Waals surface area contributed by atoms with Gasteiger partial charge in [-0.15, -0.1) is 0 Å². The van der Waals surface area contributed by atoms with Crippen molar-refractivity contribution < 1.29 is 50.9 Å². The molecular weight excluding hydrogens is 390 g/mol. The van der Waals surface area contributed by atoms with Crippen LogP contribution in [0.3, 0.4) is 0 Å². The molecule has 0 unspecified atom stereocenters. The minimum atomic E-state index is -6.27. The van der Waals surface area contributed by atoms with Gasteiger partial charge in [0.1, 0.15) is 7.59 Å². The van der Waals surface area contributed by atoms with Crippen LogP contribution >= 0.6 is 0 Å². The van der Waals surface area contributed by atoms with Crippen LogP contribution in [0.2, 0.25) is 19.6 Å². The van der Waals surface area contributed by atoms with Crippen molar-refractivity contribution in [1.29, 1.82) is 0 Å². The van der Waals surface area contributed by atoms with Crippen LogP contribution in [0.5, 0.6) is 0 Å². The first-order valence-electron chi connectivity index (χ1n) is 4.70. The first-order valence-corrected chi connectivity index (χ1v) is 13.3. The van der Waals surface area contributed by atoms with Gasteiger partial charge < -0.3 is 0 Å². The molecule has 16 heteroatoms. The fourth-order valence-electron chi connectivity index (χ4n) is 0.558. The summed E-state index contributed by atoms with van der Waals surface area (Å²) in [7, 11) is -19.7. The van der Waals surface area contributed by atoms with E-state index in [2.05, 4.69) is 7.74 Å². The number of alkyl halides is 6. The molecule has 0 saturated heterocycles. The van der Waals surface area contributed by atoms with Gasteiger partial charge in [0.25, 0.3) is 0 Å². The van der Waals surface area contributed by atoms with E-state index >= 15 is 0 Å². The fraction of sp³-hybridized carbons (Fsp3) is 1.00. The van der Waals surface area contributed by atoms with Crippen molar-refractivity contribution in [2.45, 2.75) is 30.7 Å². The van der Waals surface area contributed by atoms with Crippen LogP contribution in [-0.2, 0) is 28.0 Å². The molecule has 127 valence electrons. The van der Waals surface area contributed by atoms with Crippen LogP contribution in [0.1, 0.15) is 0 Å². The van der Waals surface area contributed by atoms with Gasteiger partial charge >= 0.3 is 40.1 Å². The topological polar surface area (TPSA) is 86.7 Å². The third kappa shape index (κ3) is 5.51. The molecule has 0 spiro atoms. The summed E-state index contributed by atoms with van der Waals surface area (Å²) in [5.74, 6) is 0. The summed E-state index contributed by atoms with van der Waals surface area (Å²) in [5, 5.41) is 0. The molecule has 0 aromatic heterocycles. The van der Waals surface area contributed by atoms with Crippen molar-refractivity contribution in [2.75, 3.05) is 0 Å². The summed E-state index contributed by atoms with van der Waals surface area (Å²) >= 11 is 0. The Kier molecular flexibility index (Phi) is 5.75. The monoisotopic (exact) mass is 399 g/mol. The number of hydrogen-bond acceptors (Lipinski definition) is 6. The standard InChI is InChI=1S/C5H9F6O6S2Si2/c1-21(2,3)20(16-18(12,13)4(6,7)8)17-19(14,15)5(9,10)11/h1-3H3. The molecular formula is C5H9F6O6S2Si2. The van der Waals surface area contributed by atoms with Gasteiger partial charge in [0.2, 0.25) is 0 Å². The molecule has 0 N–H and O–H groups in total.